The summed E-state index contributed by atoms with van der Waals surface area (Å²) in [6.45, 7) is 2.25. The minimum absolute atomic E-state index is 0.00172. The average Bonchev–Trinajstić information content (AvgIpc) is 2.49. The first-order chi connectivity index (χ1) is 10.0. The third-order valence-electron chi connectivity index (χ3n) is 4.62. The minimum atomic E-state index is -0.411. The van der Waals surface area contributed by atoms with Gasteiger partial charge in [-0.25, -0.2) is 0 Å². The molecule has 4 heteroatoms. The molecule has 1 aromatic carbocycles. The third-order valence-corrected chi connectivity index (χ3v) is 4.62. The Labute approximate surface area is 126 Å². The zero-order valence-electron chi connectivity index (χ0n) is 12.8. The molecule has 0 atom stereocenters. The smallest absolute Gasteiger partial charge is 0.220 e. The van der Waals surface area contributed by atoms with Gasteiger partial charge < -0.3 is 16.2 Å². The van der Waals surface area contributed by atoms with Crippen LogP contribution in [0.15, 0.2) is 24.3 Å². The van der Waals surface area contributed by atoms with Crippen molar-refractivity contribution in [2.75, 3.05) is 12.3 Å². The lowest BCUT2D eigenvalue weighted by Crippen LogP contribution is -2.53. The molecule has 1 fully saturated rings. The molecule has 1 saturated carbocycles. The van der Waals surface area contributed by atoms with Gasteiger partial charge in [0.15, 0.2) is 0 Å². The Bertz CT molecular complexity index is 479. The third kappa shape index (κ3) is 4.21. The molecule has 4 N–H and O–H groups in total. The average molecular weight is 290 g/mol. The molecule has 0 aliphatic heterocycles. The maximum Gasteiger partial charge on any atom is 0.220 e. The van der Waals surface area contributed by atoms with Crippen molar-refractivity contribution in [1.82, 2.24) is 5.32 Å². The Morgan fingerprint density at radius 3 is 2.67 bits per heavy atom. The van der Waals surface area contributed by atoms with Crippen LogP contribution in [0.4, 0.5) is 5.69 Å². The second kappa shape index (κ2) is 6.94. The molecule has 0 saturated heterocycles. The van der Waals surface area contributed by atoms with E-state index >= 15 is 0 Å². The van der Waals surface area contributed by atoms with Gasteiger partial charge in [0.1, 0.15) is 0 Å². The van der Waals surface area contributed by atoms with Crippen LogP contribution in [-0.2, 0) is 11.2 Å². The molecule has 1 amide bonds. The number of carbonyl (C=O) groups excluding carboxylic acids is 1. The lowest BCUT2D eigenvalue weighted by Gasteiger charge is -2.38. The number of hydrogen-bond donors (Lipinski definition) is 3. The summed E-state index contributed by atoms with van der Waals surface area (Å²) in [7, 11) is 0. The van der Waals surface area contributed by atoms with Crippen LogP contribution in [0.1, 0.15) is 44.6 Å². The molecule has 0 heterocycles. The number of amides is 1. The number of aryl methyl sites for hydroxylation is 1. The normalized spacial score (nSPS) is 25.5. The number of para-hydroxylation sites is 1. The van der Waals surface area contributed by atoms with E-state index in [1.165, 1.54) is 0 Å². The van der Waals surface area contributed by atoms with E-state index in [1.54, 1.807) is 0 Å². The maximum absolute atomic E-state index is 12.2. The van der Waals surface area contributed by atoms with Crippen LogP contribution in [0.2, 0.25) is 0 Å². The van der Waals surface area contributed by atoms with Gasteiger partial charge in [-0.2, -0.15) is 0 Å². The van der Waals surface area contributed by atoms with Crippen LogP contribution in [0.5, 0.6) is 0 Å². The number of carbonyl (C=O) groups is 1. The number of nitrogens with one attached hydrogen (secondary N) is 1. The summed E-state index contributed by atoms with van der Waals surface area (Å²) in [5, 5.41) is 12.7. The molecule has 0 spiro atoms. The summed E-state index contributed by atoms with van der Waals surface area (Å²) in [6.07, 6.45) is 4.90. The number of nitrogens with two attached hydrogens (primary N) is 1. The topological polar surface area (TPSA) is 75.3 Å². The monoisotopic (exact) mass is 290 g/mol. The van der Waals surface area contributed by atoms with Gasteiger partial charge in [0, 0.05) is 12.1 Å². The van der Waals surface area contributed by atoms with Crippen molar-refractivity contribution >= 4 is 11.6 Å². The second-order valence-electron chi connectivity index (χ2n) is 6.37. The maximum atomic E-state index is 12.2. The van der Waals surface area contributed by atoms with Crippen molar-refractivity contribution in [2.24, 2.45) is 5.92 Å². The summed E-state index contributed by atoms with van der Waals surface area (Å²) in [6, 6.07) is 7.63. The van der Waals surface area contributed by atoms with Crippen molar-refractivity contribution in [3.05, 3.63) is 29.8 Å². The number of aliphatic hydroxyl groups is 1. The summed E-state index contributed by atoms with van der Waals surface area (Å²) < 4.78 is 0. The van der Waals surface area contributed by atoms with Crippen molar-refractivity contribution < 1.29 is 9.90 Å². The van der Waals surface area contributed by atoms with Gasteiger partial charge in [0.2, 0.25) is 5.91 Å². The van der Waals surface area contributed by atoms with Gasteiger partial charge in [-0.3, -0.25) is 4.79 Å². The lowest BCUT2D eigenvalue weighted by molar-refractivity contribution is -0.124. The van der Waals surface area contributed by atoms with Crippen molar-refractivity contribution in [3.8, 4) is 0 Å². The first kappa shape index (κ1) is 15.8. The van der Waals surface area contributed by atoms with E-state index in [4.69, 9.17) is 5.73 Å². The zero-order chi connectivity index (χ0) is 15.3. The van der Waals surface area contributed by atoms with Gasteiger partial charge in [0.25, 0.3) is 0 Å². The molecule has 116 valence electrons. The number of rotatable bonds is 5. The molecule has 1 aromatic rings. The molecular formula is C17H26N2O2. The highest BCUT2D eigenvalue weighted by Gasteiger charge is 2.34. The van der Waals surface area contributed by atoms with Crippen molar-refractivity contribution in [1.29, 1.82) is 0 Å². The quantitative estimate of drug-likeness (QED) is 0.728. The van der Waals surface area contributed by atoms with Gasteiger partial charge >= 0.3 is 0 Å². The Morgan fingerprint density at radius 1 is 1.38 bits per heavy atom. The fourth-order valence-electron chi connectivity index (χ4n) is 3.01. The van der Waals surface area contributed by atoms with Crippen LogP contribution in [0, 0.1) is 5.92 Å². The van der Waals surface area contributed by atoms with E-state index in [1.807, 2.05) is 24.3 Å². The van der Waals surface area contributed by atoms with E-state index < -0.39 is 5.54 Å². The van der Waals surface area contributed by atoms with Crippen LogP contribution in [0.3, 0.4) is 0 Å². The fraction of sp³-hybridized carbons (Fsp3) is 0.588. The number of anilines is 1. The standard InChI is InChI=1S/C17H26N2O2/c1-13-8-10-17(12-20,11-9-13)19-16(21)7-6-14-4-2-3-5-15(14)18/h2-5,13,20H,6-12,18H2,1H3,(H,19,21). The Hall–Kier alpha value is -1.55. The molecule has 0 radical (unpaired) electrons. The molecule has 1 aliphatic rings. The van der Waals surface area contributed by atoms with Crippen molar-refractivity contribution in [3.63, 3.8) is 0 Å². The minimum Gasteiger partial charge on any atom is -0.399 e. The molecular weight excluding hydrogens is 264 g/mol. The predicted octanol–water partition coefficient (Wildman–Crippen LogP) is 2.26. The molecule has 4 nitrogen and oxygen atoms in total. The summed E-state index contributed by atoms with van der Waals surface area (Å²) in [5.41, 5.74) is 7.21. The van der Waals surface area contributed by atoms with E-state index in [0.717, 1.165) is 36.9 Å². The van der Waals surface area contributed by atoms with Crippen LogP contribution >= 0.6 is 0 Å². The molecule has 1 aliphatic carbocycles. The largest absolute Gasteiger partial charge is 0.399 e. The Balaban J connectivity index is 1.87. The van der Waals surface area contributed by atoms with Crippen LogP contribution in [-0.4, -0.2) is 23.2 Å². The van der Waals surface area contributed by atoms with Gasteiger partial charge in [-0.1, -0.05) is 25.1 Å². The molecule has 0 unspecified atom stereocenters. The van der Waals surface area contributed by atoms with E-state index in [9.17, 15) is 9.90 Å². The van der Waals surface area contributed by atoms with Crippen LogP contribution in [0.25, 0.3) is 0 Å². The summed E-state index contributed by atoms with van der Waals surface area (Å²) in [5.74, 6) is 0.688. The van der Waals surface area contributed by atoms with E-state index in [-0.39, 0.29) is 12.5 Å². The molecule has 2 rings (SSSR count). The van der Waals surface area contributed by atoms with Crippen LogP contribution < -0.4 is 11.1 Å². The highest BCUT2D eigenvalue weighted by molar-refractivity contribution is 5.77. The highest BCUT2D eigenvalue weighted by Crippen LogP contribution is 2.31. The Morgan fingerprint density at radius 2 is 2.05 bits per heavy atom. The number of benzene rings is 1. The zero-order valence-corrected chi connectivity index (χ0v) is 12.8. The SMILES string of the molecule is CC1CCC(CO)(NC(=O)CCc2ccccc2N)CC1. The molecule has 21 heavy (non-hydrogen) atoms. The second-order valence-corrected chi connectivity index (χ2v) is 6.37. The van der Waals surface area contributed by atoms with Gasteiger partial charge in [0.05, 0.1) is 12.1 Å². The summed E-state index contributed by atoms with van der Waals surface area (Å²) >= 11 is 0. The van der Waals surface area contributed by atoms with Gasteiger partial charge in [-0.15, -0.1) is 0 Å². The van der Waals surface area contributed by atoms with E-state index in [2.05, 4.69) is 12.2 Å². The lowest BCUT2D eigenvalue weighted by atomic mass is 9.77. The number of hydrogen-bond acceptors (Lipinski definition) is 3. The van der Waals surface area contributed by atoms with Crippen molar-refractivity contribution in [2.45, 2.75) is 51.0 Å². The Kier molecular flexibility index (Phi) is 5.23. The first-order valence-electron chi connectivity index (χ1n) is 7.80. The van der Waals surface area contributed by atoms with E-state index in [0.29, 0.717) is 18.8 Å². The number of aliphatic hydroxyl groups excluding tert-OH is 1. The van der Waals surface area contributed by atoms with Gasteiger partial charge in [-0.05, 0) is 49.7 Å². The molecule has 0 aromatic heterocycles. The summed E-state index contributed by atoms with van der Waals surface area (Å²) in [4.78, 5) is 12.2. The molecule has 0 bridgehead atoms. The number of nitrogen functional groups attached to an aromatic ring is 1. The predicted molar refractivity (Wildman–Crippen MR) is 84.8 cm³/mol. The fourth-order valence-corrected chi connectivity index (χ4v) is 3.01. The first-order valence-corrected chi connectivity index (χ1v) is 7.80. The highest BCUT2D eigenvalue weighted by atomic mass is 16.3.